The zero-order valence-electron chi connectivity index (χ0n) is 11.0. The van der Waals surface area contributed by atoms with Crippen molar-refractivity contribution in [3.8, 4) is 0 Å². The van der Waals surface area contributed by atoms with Crippen molar-refractivity contribution in [3.63, 3.8) is 0 Å². The predicted molar refractivity (Wildman–Crippen MR) is 72.8 cm³/mol. The van der Waals surface area contributed by atoms with Crippen LogP contribution in [-0.2, 0) is 0 Å². The predicted octanol–water partition coefficient (Wildman–Crippen LogP) is 2.45. The maximum absolute atomic E-state index is 3.56. The smallest absolute Gasteiger partial charge is 0.0155 e. The molecule has 92 valence electrons. The molecule has 0 spiro atoms. The largest absolute Gasteiger partial charge is 0.313 e. The fourth-order valence-corrected chi connectivity index (χ4v) is 2.35. The van der Waals surface area contributed by atoms with E-state index in [1.165, 1.54) is 18.6 Å². The molecule has 0 fully saturated rings. The number of nitrogens with zero attached hydrogens (tertiary/aromatic N) is 1. The molecule has 2 atom stereocenters. The van der Waals surface area contributed by atoms with Gasteiger partial charge in [0.1, 0.15) is 0 Å². The van der Waals surface area contributed by atoms with Crippen LogP contribution in [0.3, 0.4) is 0 Å². The molecule has 1 N–H and O–H groups in total. The first-order valence-corrected chi connectivity index (χ1v) is 7.43. The molecule has 0 aromatic rings. The van der Waals surface area contributed by atoms with Crippen LogP contribution >= 0.6 is 11.8 Å². The number of rotatable bonds is 9. The van der Waals surface area contributed by atoms with Crippen LogP contribution in [0.1, 0.15) is 33.6 Å². The Hall–Kier alpha value is 0.270. The molecule has 0 saturated heterocycles. The highest BCUT2D eigenvalue weighted by atomic mass is 32.2. The Labute approximate surface area is 100 Å². The Morgan fingerprint density at radius 1 is 1.33 bits per heavy atom. The van der Waals surface area contributed by atoms with Gasteiger partial charge in [-0.25, -0.2) is 0 Å². The molecule has 0 saturated carbocycles. The van der Waals surface area contributed by atoms with E-state index >= 15 is 0 Å². The van der Waals surface area contributed by atoms with Crippen LogP contribution in [0.2, 0.25) is 0 Å². The molecule has 0 aliphatic rings. The van der Waals surface area contributed by atoms with E-state index in [1.54, 1.807) is 0 Å². The van der Waals surface area contributed by atoms with Crippen LogP contribution < -0.4 is 5.32 Å². The lowest BCUT2D eigenvalue weighted by Gasteiger charge is -2.25. The average molecular weight is 232 g/mol. The van der Waals surface area contributed by atoms with Gasteiger partial charge in [0.25, 0.3) is 0 Å². The van der Waals surface area contributed by atoms with Gasteiger partial charge in [-0.15, -0.1) is 0 Å². The molecule has 2 unspecified atom stereocenters. The fourth-order valence-electron chi connectivity index (χ4n) is 1.61. The van der Waals surface area contributed by atoms with Gasteiger partial charge < -0.3 is 10.2 Å². The maximum Gasteiger partial charge on any atom is 0.0155 e. The van der Waals surface area contributed by atoms with E-state index in [4.69, 9.17) is 0 Å². The minimum atomic E-state index is 0.666. The van der Waals surface area contributed by atoms with Crippen LogP contribution in [0.15, 0.2) is 0 Å². The fraction of sp³-hybridized carbons (Fsp3) is 1.00. The molecular formula is C12H28N2S. The molecule has 0 aliphatic heterocycles. The number of hydrogen-bond donors (Lipinski definition) is 1. The van der Waals surface area contributed by atoms with E-state index in [2.05, 4.69) is 44.3 Å². The second-order valence-electron chi connectivity index (χ2n) is 4.43. The second-order valence-corrected chi connectivity index (χ2v) is 5.34. The van der Waals surface area contributed by atoms with Crippen LogP contribution in [-0.4, -0.2) is 49.1 Å². The van der Waals surface area contributed by atoms with Crippen molar-refractivity contribution >= 4 is 11.8 Å². The van der Waals surface area contributed by atoms with Crippen molar-refractivity contribution in [2.24, 2.45) is 0 Å². The molecule has 0 heterocycles. The zero-order chi connectivity index (χ0) is 11.7. The van der Waals surface area contributed by atoms with E-state index in [-0.39, 0.29) is 0 Å². The van der Waals surface area contributed by atoms with Crippen molar-refractivity contribution < 1.29 is 0 Å². The van der Waals surface area contributed by atoms with E-state index in [0.717, 1.165) is 13.1 Å². The molecule has 0 aromatic carbocycles. The molecule has 2 nitrogen and oxygen atoms in total. The van der Waals surface area contributed by atoms with Crippen LogP contribution in [0.25, 0.3) is 0 Å². The minimum Gasteiger partial charge on any atom is -0.313 e. The number of likely N-dealkylation sites (N-methyl/N-ethyl adjacent to an activating group) is 1. The first kappa shape index (κ1) is 15.3. The van der Waals surface area contributed by atoms with Crippen molar-refractivity contribution in [2.75, 3.05) is 32.1 Å². The standard InChI is InChI=1S/C12H28N2S/c1-6-7-11(2)13-8-9-14(4)12(3)10-15-5/h11-13H,6-10H2,1-5H3. The molecular weight excluding hydrogens is 204 g/mol. The van der Waals surface area contributed by atoms with Crippen LogP contribution in [0.4, 0.5) is 0 Å². The van der Waals surface area contributed by atoms with Gasteiger partial charge in [-0.1, -0.05) is 13.3 Å². The van der Waals surface area contributed by atoms with Crippen LogP contribution in [0, 0.1) is 0 Å². The SMILES string of the molecule is CCCC(C)NCCN(C)C(C)CSC. The monoisotopic (exact) mass is 232 g/mol. The first-order chi connectivity index (χ1) is 7.11. The summed E-state index contributed by atoms with van der Waals surface area (Å²) >= 11 is 1.92. The Morgan fingerprint density at radius 2 is 2.00 bits per heavy atom. The van der Waals surface area contributed by atoms with Gasteiger partial charge in [0.15, 0.2) is 0 Å². The van der Waals surface area contributed by atoms with Gasteiger partial charge in [0.05, 0.1) is 0 Å². The highest BCUT2D eigenvalue weighted by molar-refractivity contribution is 7.98. The first-order valence-electron chi connectivity index (χ1n) is 6.04. The van der Waals surface area contributed by atoms with Gasteiger partial charge >= 0.3 is 0 Å². The Balaban J connectivity index is 3.49. The summed E-state index contributed by atoms with van der Waals surface area (Å²) in [5, 5.41) is 3.56. The molecule has 0 aromatic heterocycles. The van der Waals surface area contributed by atoms with Crippen molar-refractivity contribution in [3.05, 3.63) is 0 Å². The van der Waals surface area contributed by atoms with Crippen LogP contribution in [0.5, 0.6) is 0 Å². The summed E-state index contributed by atoms with van der Waals surface area (Å²) in [5.74, 6) is 1.22. The normalized spacial score (nSPS) is 15.6. The van der Waals surface area contributed by atoms with Gasteiger partial charge in [-0.05, 0) is 33.6 Å². The van der Waals surface area contributed by atoms with E-state index in [9.17, 15) is 0 Å². The third kappa shape index (κ3) is 8.12. The minimum absolute atomic E-state index is 0.666. The highest BCUT2D eigenvalue weighted by Crippen LogP contribution is 2.02. The second kappa shape index (κ2) is 9.49. The molecule has 15 heavy (non-hydrogen) atoms. The third-order valence-corrected chi connectivity index (χ3v) is 3.66. The molecule has 0 radical (unpaired) electrons. The lowest BCUT2D eigenvalue weighted by molar-refractivity contribution is 0.272. The number of thioether (sulfide) groups is 1. The van der Waals surface area contributed by atoms with E-state index in [0.29, 0.717) is 12.1 Å². The summed E-state index contributed by atoms with van der Waals surface area (Å²) in [6.07, 6.45) is 4.73. The quantitative estimate of drug-likeness (QED) is 0.657. The Morgan fingerprint density at radius 3 is 2.53 bits per heavy atom. The number of hydrogen-bond acceptors (Lipinski definition) is 3. The van der Waals surface area contributed by atoms with Gasteiger partial charge in [0, 0.05) is 30.9 Å². The topological polar surface area (TPSA) is 15.3 Å². The Kier molecular flexibility index (Phi) is 9.66. The maximum atomic E-state index is 3.56. The summed E-state index contributed by atoms with van der Waals surface area (Å²) < 4.78 is 0. The summed E-state index contributed by atoms with van der Waals surface area (Å²) in [6.45, 7) is 9.07. The van der Waals surface area contributed by atoms with Crippen molar-refractivity contribution in [2.45, 2.75) is 45.7 Å². The van der Waals surface area contributed by atoms with E-state index < -0.39 is 0 Å². The highest BCUT2D eigenvalue weighted by Gasteiger charge is 2.07. The van der Waals surface area contributed by atoms with Gasteiger partial charge in [0.2, 0.25) is 0 Å². The van der Waals surface area contributed by atoms with Gasteiger partial charge in [-0.3, -0.25) is 0 Å². The molecule has 0 bridgehead atoms. The molecule has 0 amide bonds. The zero-order valence-corrected chi connectivity index (χ0v) is 11.9. The summed E-state index contributed by atoms with van der Waals surface area (Å²) in [5.41, 5.74) is 0. The average Bonchev–Trinajstić information content (AvgIpc) is 2.18. The van der Waals surface area contributed by atoms with Gasteiger partial charge in [-0.2, -0.15) is 11.8 Å². The molecule has 0 aliphatic carbocycles. The van der Waals surface area contributed by atoms with Crippen molar-refractivity contribution in [1.82, 2.24) is 10.2 Å². The summed E-state index contributed by atoms with van der Waals surface area (Å²) in [7, 11) is 2.22. The van der Waals surface area contributed by atoms with E-state index in [1.807, 2.05) is 11.8 Å². The summed E-state index contributed by atoms with van der Waals surface area (Å²) in [4.78, 5) is 2.43. The Bertz CT molecular complexity index is 142. The third-order valence-electron chi connectivity index (χ3n) is 2.84. The lowest BCUT2D eigenvalue weighted by atomic mass is 10.2. The number of nitrogens with one attached hydrogen (secondary N) is 1. The summed E-state index contributed by atoms with van der Waals surface area (Å²) in [6, 6.07) is 1.35. The van der Waals surface area contributed by atoms with Crippen molar-refractivity contribution in [1.29, 1.82) is 0 Å². The molecule has 3 heteroatoms. The molecule has 0 rings (SSSR count). The lowest BCUT2D eigenvalue weighted by Crippen LogP contribution is -2.38.